The van der Waals surface area contributed by atoms with E-state index in [1.54, 1.807) is 24.5 Å². The molecule has 2 heterocycles. The highest BCUT2D eigenvalue weighted by Gasteiger charge is 2.39. The van der Waals surface area contributed by atoms with Crippen LogP contribution < -0.4 is 10.6 Å². The van der Waals surface area contributed by atoms with Gasteiger partial charge in [-0.05, 0) is 19.1 Å². The molecule has 0 saturated carbocycles. The van der Waals surface area contributed by atoms with E-state index in [9.17, 15) is 4.79 Å². The number of nitrogens with one attached hydrogen (secondary N) is 2. The molecule has 0 aromatic carbocycles. The van der Waals surface area contributed by atoms with Crippen molar-refractivity contribution in [3.8, 4) is 0 Å². The zero-order valence-corrected chi connectivity index (χ0v) is 8.08. The SMILES string of the molecule is CC1(C(=O)Nc2ccncc2)CNC1. The summed E-state index contributed by atoms with van der Waals surface area (Å²) in [5.74, 6) is 0.0717. The Balaban J connectivity index is 2.02. The van der Waals surface area contributed by atoms with Gasteiger partial charge >= 0.3 is 0 Å². The van der Waals surface area contributed by atoms with Gasteiger partial charge < -0.3 is 10.6 Å². The van der Waals surface area contributed by atoms with E-state index in [2.05, 4.69) is 15.6 Å². The molecule has 0 radical (unpaired) electrons. The first-order chi connectivity index (χ1) is 6.71. The monoisotopic (exact) mass is 191 g/mol. The molecule has 0 bridgehead atoms. The number of hydrogen-bond acceptors (Lipinski definition) is 3. The third kappa shape index (κ3) is 1.61. The molecule has 1 fully saturated rings. The topological polar surface area (TPSA) is 54.0 Å². The van der Waals surface area contributed by atoms with Crippen molar-refractivity contribution < 1.29 is 4.79 Å². The second-order valence-corrected chi connectivity index (χ2v) is 3.85. The van der Waals surface area contributed by atoms with E-state index in [4.69, 9.17) is 0 Å². The minimum absolute atomic E-state index is 0.0717. The van der Waals surface area contributed by atoms with Gasteiger partial charge in [-0.1, -0.05) is 0 Å². The molecular weight excluding hydrogens is 178 g/mol. The van der Waals surface area contributed by atoms with Crippen molar-refractivity contribution >= 4 is 11.6 Å². The molecule has 1 aromatic rings. The van der Waals surface area contributed by atoms with Crippen molar-refractivity contribution in [2.45, 2.75) is 6.92 Å². The van der Waals surface area contributed by atoms with Gasteiger partial charge in [-0.3, -0.25) is 9.78 Å². The number of rotatable bonds is 2. The quantitative estimate of drug-likeness (QED) is 0.721. The van der Waals surface area contributed by atoms with Crippen LogP contribution in [0.4, 0.5) is 5.69 Å². The van der Waals surface area contributed by atoms with Gasteiger partial charge in [0, 0.05) is 31.2 Å². The molecule has 0 spiro atoms. The molecule has 1 amide bonds. The average molecular weight is 191 g/mol. The molecule has 4 nitrogen and oxygen atoms in total. The van der Waals surface area contributed by atoms with E-state index >= 15 is 0 Å². The fourth-order valence-electron chi connectivity index (χ4n) is 1.38. The number of anilines is 1. The highest BCUT2D eigenvalue weighted by atomic mass is 16.2. The lowest BCUT2D eigenvalue weighted by Crippen LogP contribution is -2.58. The predicted molar refractivity (Wildman–Crippen MR) is 53.8 cm³/mol. The molecule has 1 aliphatic rings. The van der Waals surface area contributed by atoms with Gasteiger partial charge in [-0.2, -0.15) is 0 Å². The number of pyridine rings is 1. The van der Waals surface area contributed by atoms with Crippen LogP contribution in [0.15, 0.2) is 24.5 Å². The van der Waals surface area contributed by atoms with Crippen LogP contribution in [0.5, 0.6) is 0 Å². The zero-order valence-electron chi connectivity index (χ0n) is 8.08. The number of carbonyl (C=O) groups is 1. The van der Waals surface area contributed by atoms with Gasteiger partial charge in [-0.25, -0.2) is 0 Å². The predicted octanol–water partition coefficient (Wildman–Crippen LogP) is 0.630. The van der Waals surface area contributed by atoms with Gasteiger partial charge in [0.15, 0.2) is 0 Å². The van der Waals surface area contributed by atoms with Crippen molar-refractivity contribution in [3.63, 3.8) is 0 Å². The van der Waals surface area contributed by atoms with Crippen molar-refractivity contribution in [1.82, 2.24) is 10.3 Å². The summed E-state index contributed by atoms with van der Waals surface area (Å²) in [6.07, 6.45) is 3.33. The molecule has 0 aliphatic carbocycles. The minimum atomic E-state index is -0.247. The summed E-state index contributed by atoms with van der Waals surface area (Å²) in [4.78, 5) is 15.6. The number of hydrogen-bond donors (Lipinski definition) is 2. The maximum absolute atomic E-state index is 11.7. The summed E-state index contributed by atoms with van der Waals surface area (Å²) in [6, 6.07) is 3.57. The normalized spacial score (nSPS) is 18.4. The highest BCUT2D eigenvalue weighted by Crippen LogP contribution is 2.23. The molecule has 1 aliphatic heterocycles. The zero-order chi connectivity index (χ0) is 10.0. The molecular formula is C10H13N3O. The lowest BCUT2D eigenvalue weighted by Gasteiger charge is -2.37. The van der Waals surface area contributed by atoms with E-state index in [-0.39, 0.29) is 11.3 Å². The van der Waals surface area contributed by atoms with E-state index in [0.717, 1.165) is 18.8 Å². The van der Waals surface area contributed by atoms with Crippen LogP contribution in [0.3, 0.4) is 0 Å². The van der Waals surface area contributed by atoms with Crippen molar-refractivity contribution in [1.29, 1.82) is 0 Å². The Morgan fingerprint density at radius 3 is 2.64 bits per heavy atom. The van der Waals surface area contributed by atoms with E-state index < -0.39 is 0 Å². The molecule has 4 heteroatoms. The van der Waals surface area contributed by atoms with Crippen LogP contribution in [0.1, 0.15) is 6.92 Å². The summed E-state index contributed by atoms with van der Waals surface area (Å²) in [5.41, 5.74) is 0.557. The Hall–Kier alpha value is -1.42. The Kier molecular flexibility index (Phi) is 2.21. The molecule has 0 atom stereocenters. The number of amides is 1. The number of aromatic nitrogens is 1. The summed E-state index contributed by atoms with van der Waals surface area (Å²) in [7, 11) is 0. The van der Waals surface area contributed by atoms with Crippen LogP contribution in [-0.2, 0) is 4.79 Å². The Bertz CT molecular complexity index is 332. The standard InChI is InChI=1S/C10H13N3O/c1-10(6-12-7-10)9(14)13-8-2-4-11-5-3-8/h2-5,12H,6-7H2,1H3,(H,11,13,14). The van der Waals surface area contributed by atoms with Crippen LogP contribution in [0, 0.1) is 5.41 Å². The lowest BCUT2D eigenvalue weighted by molar-refractivity contribution is -0.127. The van der Waals surface area contributed by atoms with E-state index in [1.165, 1.54) is 0 Å². The van der Waals surface area contributed by atoms with Crippen molar-refractivity contribution in [2.75, 3.05) is 18.4 Å². The van der Waals surface area contributed by atoms with Crippen molar-refractivity contribution in [2.24, 2.45) is 5.41 Å². The first-order valence-corrected chi connectivity index (χ1v) is 4.63. The maximum Gasteiger partial charge on any atom is 0.232 e. The Morgan fingerprint density at radius 1 is 1.50 bits per heavy atom. The molecule has 1 aromatic heterocycles. The molecule has 2 rings (SSSR count). The second kappa shape index (κ2) is 3.38. The number of nitrogens with zero attached hydrogens (tertiary/aromatic N) is 1. The molecule has 1 saturated heterocycles. The lowest BCUT2D eigenvalue weighted by atomic mass is 9.83. The van der Waals surface area contributed by atoms with Gasteiger partial charge in [0.2, 0.25) is 5.91 Å². The van der Waals surface area contributed by atoms with Gasteiger partial charge in [0.05, 0.1) is 5.41 Å². The maximum atomic E-state index is 11.7. The van der Waals surface area contributed by atoms with Gasteiger partial charge in [0.25, 0.3) is 0 Å². The molecule has 74 valence electrons. The van der Waals surface area contributed by atoms with Gasteiger partial charge in [0.1, 0.15) is 0 Å². The second-order valence-electron chi connectivity index (χ2n) is 3.85. The van der Waals surface area contributed by atoms with E-state index in [1.807, 2.05) is 6.92 Å². The molecule has 0 unspecified atom stereocenters. The smallest absolute Gasteiger partial charge is 0.232 e. The average Bonchev–Trinajstić information content (AvgIpc) is 2.15. The minimum Gasteiger partial charge on any atom is -0.325 e. The van der Waals surface area contributed by atoms with Gasteiger partial charge in [-0.15, -0.1) is 0 Å². The number of carbonyl (C=O) groups excluding carboxylic acids is 1. The first kappa shape index (κ1) is 9.15. The Labute approximate surface area is 82.7 Å². The molecule has 2 N–H and O–H groups in total. The van der Waals surface area contributed by atoms with E-state index in [0.29, 0.717) is 0 Å². The highest BCUT2D eigenvalue weighted by molar-refractivity contribution is 5.96. The fourth-order valence-corrected chi connectivity index (χ4v) is 1.38. The third-order valence-corrected chi connectivity index (χ3v) is 2.52. The van der Waals surface area contributed by atoms with Crippen LogP contribution in [0.25, 0.3) is 0 Å². The van der Waals surface area contributed by atoms with Crippen LogP contribution in [-0.4, -0.2) is 24.0 Å². The molecule has 14 heavy (non-hydrogen) atoms. The summed E-state index contributed by atoms with van der Waals surface area (Å²) in [6.45, 7) is 3.47. The largest absolute Gasteiger partial charge is 0.325 e. The first-order valence-electron chi connectivity index (χ1n) is 4.63. The summed E-state index contributed by atoms with van der Waals surface area (Å²) in [5, 5.41) is 5.96. The van der Waals surface area contributed by atoms with Crippen LogP contribution in [0.2, 0.25) is 0 Å². The van der Waals surface area contributed by atoms with Crippen molar-refractivity contribution in [3.05, 3.63) is 24.5 Å². The van der Waals surface area contributed by atoms with Crippen LogP contribution >= 0.6 is 0 Å². The fraction of sp³-hybridized carbons (Fsp3) is 0.400. The Morgan fingerprint density at radius 2 is 2.14 bits per heavy atom. The summed E-state index contributed by atoms with van der Waals surface area (Å²) < 4.78 is 0. The third-order valence-electron chi connectivity index (χ3n) is 2.52. The summed E-state index contributed by atoms with van der Waals surface area (Å²) >= 11 is 0.